The van der Waals surface area contributed by atoms with E-state index in [0.29, 0.717) is 37.4 Å². The number of aliphatic hydroxyl groups is 1. The number of pyridine rings is 1. The van der Waals surface area contributed by atoms with E-state index in [1.165, 1.54) is 0 Å². The molecule has 3 heterocycles. The molecule has 1 aliphatic rings. The van der Waals surface area contributed by atoms with Crippen LogP contribution in [0.5, 0.6) is 0 Å². The maximum absolute atomic E-state index is 13.0. The molecule has 5 heteroatoms. The number of hydrogen-bond acceptors (Lipinski definition) is 4. The molecule has 1 aromatic carbocycles. The Labute approximate surface area is 158 Å². The molecule has 5 nitrogen and oxygen atoms in total. The molecule has 4 rings (SSSR count). The second kappa shape index (κ2) is 6.50. The van der Waals surface area contributed by atoms with Crippen LogP contribution >= 0.6 is 0 Å². The first kappa shape index (κ1) is 17.7. The second-order valence-electron chi connectivity index (χ2n) is 7.60. The Balaban J connectivity index is 1.53. The Morgan fingerprint density at radius 1 is 1.11 bits per heavy atom. The van der Waals surface area contributed by atoms with Crippen LogP contribution in [0.25, 0.3) is 11.0 Å². The van der Waals surface area contributed by atoms with Gasteiger partial charge in [-0.1, -0.05) is 18.2 Å². The van der Waals surface area contributed by atoms with E-state index in [-0.39, 0.29) is 5.91 Å². The molecule has 0 unspecified atom stereocenters. The fraction of sp³-hybridized carbons (Fsp3) is 0.364. The lowest BCUT2D eigenvalue weighted by atomic mass is 9.87. The van der Waals surface area contributed by atoms with Gasteiger partial charge in [0, 0.05) is 30.2 Å². The van der Waals surface area contributed by atoms with E-state index in [1.54, 1.807) is 11.1 Å². The number of rotatable bonds is 2. The first-order valence-electron chi connectivity index (χ1n) is 9.32. The van der Waals surface area contributed by atoms with Crippen molar-refractivity contribution < 1.29 is 14.3 Å². The van der Waals surface area contributed by atoms with Crippen molar-refractivity contribution in [2.24, 2.45) is 0 Å². The molecule has 1 aliphatic heterocycles. The lowest BCUT2D eigenvalue weighted by Gasteiger charge is -2.37. The van der Waals surface area contributed by atoms with E-state index >= 15 is 0 Å². The summed E-state index contributed by atoms with van der Waals surface area (Å²) < 4.78 is 5.88. The molecule has 0 saturated carbocycles. The minimum absolute atomic E-state index is 0.111. The number of likely N-dealkylation sites (tertiary alicyclic amines) is 1. The molecule has 140 valence electrons. The number of carbonyl (C=O) groups is 1. The highest BCUT2D eigenvalue weighted by molar-refractivity contribution is 5.99. The maximum Gasteiger partial charge on any atom is 0.289 e. The molecule has 0 atom stereocenters. The van der Waals surface area contributed by atoms with E-state index in [0.717, 1.165) is 27.7 Å². The average molecular weight is 364 g/mol. The van der Waals surface area contributed by atoms with Crippen molar-refractivity contribution in [3.8, 4) is 0 Å². The molecule has 1 fully saturated rings. The van der Waals surface area contributed by atoms with E-state index in [9.17, 15) is 9.90 Å². The molecule has 0 aliphatic carbocycles. The van der Waals surface area contributed by atoms with Crippen LogP contribution in [0.1, 0.15) is 45.8 Å². The zero-order chi connectivity index (χ0) is 19.2. The summed E-state index contributed by atoms with van der Waals surface area (Å²) in [4.78, 5) is 19.1. The summed E-state index contributed by atoms with van der Waals surface area (Å²) in [5.74, 6) is 0.287. The molecular formula is C22H24N2O3. The number of benzene rings is 1. The average Bonchev–Trinajstić information content (AvgIpc) is 2.98. The number of amides is 1. The summed E-state index contributed by atoms with van der Waals surface area (Å²) in [6.07, 6.45) is 2.70. The van der Waals surface area contributed by atoms with Crippen molar-refractivity contribution in [3.05, 3.63) is 64.7 Å². The van der Waals surface area contributed by atoms with Gasteiger partial charge < -0.3 is 14.4 Å². The Kier molecular flexibility index (Phi) is 4.27. The van der Waals surface area contributed by atoms with Gasteiger partial charge in [0.05, 0.1) is 5.69 Å². The van der Waals surface area contributed by atoms with Gasteiger partial charge >= 0.3 is 0 Å². The number of fused-ring (bicyclic) bond motifs is 1. The number of carbonyl (C=O) groups excluding carboxylic acids is 1. The van der Waals surface area contributed by atoms with Crippen molar-refractivity contribution in [1.29, 1.82) is 0 Å². The van der Waals surface area contributed by atoms with Crippen LogP contribution in [0, 0.1) is 20.8 Å². The van der Waals surface area contributed by atoms with Gasteiger partial charge in [-0.2, -0.15) is 0 Å². The van der Waals surface area contributed by atoms with Crippen molar-refractivity contribution in [2.75, 3.05) is 13.1 Å². The predicted octanol–water partition coefficient (Wildman–Crippen LogP) is 3.88. The number of furan rings is 1. The Bertz CT molecular complexity index is 996. The van der Waals surface area contributed by atoms with Crippen LogP contribution in [0.3, 0.4) is 0 Å². The smallest absolute Gasteiger partial charge is 0.289 e. The first-order valence-corrected chi connectivity index (χ1v) is 9.32. The molecule has 1 saturated heterocycles. The Morgan fingerprint density at radius 2 is 1.81 bits per heavy atom. The molecule has 2 aromatic heterocycles. The van der Waals surface area contributed by atoms with Crippen LogP contribution in [0.2, 0.25) is 0 Å². The van der Waals surface area contributed by atoms with Crippen molar-refractivity contribution in [3.63, 3.8) is 0 Å². The quantitative estimate of drug-likeness (QED) is 0.749. The third-order valence-electron chi connectivity index (χ3n) is 5.55. The van der Waals surface area contributed by atoms with Crippen LogP contribution < -0.4 is 0 Å². The molecular weight excluding hydrogens is 340 g/mol. The van der Waals surface area contributed by atoms with E-state index in [4.69, 9.17) is 4.42 Å². The fourth-order valence-corrected chi connectivity index (χ4v) is 3.76. The summed E-state index contributed by atoms with van der Waals surface area (Å²) in [7, 11) is 0. The molecule has 1 amide bonds. The van der Waals surface area contributed by atoms with Crippen LogP contribution in [0.4, 0.5) is 0 Å². The third-order valence-corrected chi connectivity index (χ3v) is 5.55. The van der Waals surface area contributed by atoms with Crippen molar-refractivity contribution in [2.45, 2.75) is 39.2 Å². The minimum atomic E-state index is -0.982. The van der Waals surface area contributed by atoms with Crippen LogP contribution in [-0.4, -0.2) is 34.0 Å². The van der Waals surface area contributed by atoms with Gasteiger partial charge in [0.1, 0.15) is 11.2 Å². The largest absolute Gasteiger partial charge is 0.451 e. The fourth-order valence-electron chi connectivity index (χ4n) is 3.76. The van der Waals surface area contributed by atoms with Gasteiger partial charge in [0.15, 0.2) is 5.76 Å². The van der Waals surface area contributed by atoms with Crippen molar-refractivity contribution >= 4 is 16.9 Å². The number of nitrogens with zero attached hydrogens (tertiary/aromatic N) is 2. The summed E-state index contributed by atoms with van der Waals surface area (Å²) >= 11 is 0. The predicted molar refractivity (Wildman–Crippen MR) is 104 cm³/mol. The summed E-state index contributed by atoms with van der Waals surface area (Å²) in [5.41, 5.74) is 3.47. The zero-order valence-corrected chi connectivity index (χ0v) is 16.0. The van der Waals surface area contributed by atoms with E-state index < -0.39 is 5.60 Å². The van der Waals surface area contributed by atoms with Gasteiger partial charge in [-0.05, 0) is 56.9 Å². The summed E-state index contributed by atoms with van der Waals surface area (Å²) in [6.45, 7) is 6.84. The maximum atomic E-state index is 13.0. The van der Waals surface area contributed by atoms with Crippen LogP contribution in [0.15, 0.2) is 40.9 Å². The number of aryl methyl sites for hydroxylation is 3. The molecule has 0 spiro atoms. The van der Waals surface area contributed by atoms with Gasteiger partial charge in [-0.3, -0.25) is 9.78 Å². The molecule has 0 bridgehead atoms. The second-order valence-corrected chi connectivity index (χ2v) is 7.60. The zero-order valence-electron chi connectivity index (χ0n) is 16.0. The number of piperidine rings is 1. The van der Waals surface area contributed by atoms with E-state index in [2.05, 4.69) is 4.98 Å². The third kappa shape index (κ3) is 3.12. The van der Waals surface area contributed by atoms with E-state index in [1.807, 2.05) is 51.1 Å². The monoisotopic (exact) mass is 364 g/mol. The molecule has 3 aromatic rings. The van der Waals surface area contributed by atoms with Gasteiger partial charge in [0.2, 0.25) is 0 Å². The van der Waals surface area contributed by atoms with Gasteiger partial charge in [-0.25, -0.2) is 0 Å². The number of hydrogen-bond donors (Lipinski definition) is 1. The van der Waals surface area contributed by atoms with Gasteiger partial charge in [0.25, 0.3) is 5.91 Å². The highest BCUT2D eigenvalue weighted by Gasteiger charge is 2.37. The highest BCUT2D eigenvalue weighted by atomic mass is 16.3. The Morgan fingerprint density at radius 3 is 2.48 bits per heavy atom. The summed E-state index contributed by atoms with van der Waals surface area (Å²) in [6, 6.07) is 9.81. The lowest BCUT2D eigenvalue weighted by molar-refractivity contribution is -0.0250. The Hall–Kier alpha value is -2.66. The van der Waals surface area contributed by atoms with Gasteiger partial charge in [-0.15, -0.1) is 0 Å². The number of aromatic nitrogens is 1. The minimum Gasteiger partial charge on any atom is -0.451 e. The standard InChI is InChI=1S/C22H24N2O3/c1-14-4-6-17-16(3)20(27-18(17)12-14)21(25)24-10-8-22(26,9-11-24)19-7-5-15(2)13-23-19/h4-7,12-13,26H,8-11H2,1-3H3. The SMILES string of the molecule is Cc1ccc(C2(O)CCN(C(=O)c3oc4cc(C)ccc4c3C)CC2)nc1. The van der Waals surface area contributed by atoms with Crippen molar-refractivity contribution in [1.82, 2.24) is 9.88 Å². The van der Waals surface area contributed by atoms with Crippen LogP contribution in [-0.2, 0) is 5.60 Å². The molecule has 1 N–H and O–H groups in total. The molecule has 27 heavy (non-hydrogen) atoms. The molecule has 0 radical (unpaired) electrons. The summed E-state index contributed by atoms with van der Waals surface area (Å²) in [5, 5.41) is 12.0. The first-order chi connectivity index (χ1) is 12.9. The topological polar surface area (TPSA) is 66.6 Å². The normalized spacial score (nSPS) is 16.7. The highest BCUT2D eigenvalue weighted by Crippen LogP contribution is 2.33. The lowest BCUT2D eigenvalue weighted by Crippen LogP contribution is -2.45.